The summed E-state index contributed by atoms with van der Waals surface area (Å²) in [7, 11) is -3.57. The zero-order valence-corrected chi connectivity index (χ0v) is 17.8. The smallest absolute Gasteiger partial charge is 0.240 e. The van der Waals surface area contributed by atoms with Crippen LogP contribution >= 0.6 is 0 Å². The third-order valence-corrected chi connectivity index (χ3v) is 7.82. The normalized spacial score (nSPS) is 18.5. The minimum absolute atomic E-state index is 0.107. The lowest BCUT2D eigenvalue weighted by Crippen LogP contribution is -2.43. The second-order valence-electron chi connectivity index (χ2n) is 8.37. The van der Waals surface area contributed by atoms with Crippen molar-refractivity contribution < 1.29 is 8.42 Å². The maximum atomic E-state index is 13.1. The summed E-state index contributed by atoms with van der Waals surface area (Å²) in [5.41, 5.74) is 2.11. The Morgan fingerprint density at radius 2 is 1.67 bits per heavy atom. The molecule has 5 nitrogen and oxygen atoms in total. The SMILES string of the molecule is O=S(=O)(NCC1(c2cccc3ccccc23)CC1)c1cccc(N2CCNCC2)c1. The minimum Gasteiger partial charge on any atom is -0.369 e. The Hall–Kier alpha value is -2.41. The summed E-state index contributed by atoms with van der Waals surface area (Å²) < 4.78 is 29.1. The van der Waals surface area contributed by atoms with Gasteiger partial charge in [0.2, 0.25) is 10.0 Å². The summed E-state index contributed by atoms with van der Waals surface area (Å²) in [4.78, 5) is 2.57. The van der Waals surface area contributed by atoms with E-state index in [0.717, 1.165) is 44.7 Å². The maximum Gasteiger partial charge on any atom is 0.240 e. The average Bonchev–Trinajstić information content (AvgIpc) is 3.59. The van der Waals surface area contributed by atoms with Gasteiger partial charge in [-0.25, -0.2) is 13.1 Å². The van der Waals surface area contributed by atoms with E-state index in [0.29, 0.717) is 11.4 Å². The third-order valence-electron chi connectivity index (χ3n) is 6.43. The van der Waals surface area contributed by atoms with E-state index in [1.165, 1.54) is 16.3 Å². The number of sulfonamides is 1. The highest BCUT2D eigenvalue weighted by Crippen LogP contribution is 2.50. The Kier molecular flexibility index (Phi) is 5.01. The van der Waals surface area contributed by atoms with E-state index < -0.39 is 10.0 Å². The van der Waals surface area contributed by atoms with Crippen LogP contribution in [0.3, 0.4) is 0 Å². The van der Waals surface area contributed by atoms with Crippen LogP contribution in [0.25, 0.3) is 10.8 Å². The first-order valence-electron chi connectivity index (χ1n) is 10.6. The first kappa shape index (κ1) is 19.5. The molecule has 156 valence electrons. The predicted molar refractivity (Wildman–Crippen MR) is 122 cm³/mol. The summed E-state index contributed by atoms with van der Waals surface area (Å²) in [5, 5.41) is 5.75. The largest absolute Gasteiger partial charge is 0.369 e. The highest BCUT2D eigenvalue weighted by molar-refractivity contribution is 7.89. The molecule has 30 heavy (non-hydrogen) atoms. The number of fused-ring (bicyclic) bond motifs is 1. The van der Waals surface area contributed by atoms with Gasteiger partial charge in [-0.3, -0.25) is 0 Å². The van der Waals surface area contributed by atoms with E-state index >= 15 is 0 Å². The van der Waals surface area contributed by atoms with Gasteiger partial charge in [0.05, 0.1) is 4.90 Å². The van der Waals surface area contributed by atoms with Crippen molar-refractivity contribution in [2.75, 3.05) is 37.6 Å². The van der Waals surface area contributed by atoms with Crippen molar-refractivity contribution in [3.8, 4) is 0 Å². The van der Waals surface area contributed by atoms with Crippen molar-refractivity contribution in [2.45, 2.75) is 23.2 Å². The van der Waals surface area contributed by atoms with Crippen LogP contribution < -0.4 is 14.9 Å². The first-order valence-corrected chi connectivity index (χ1v) is 12.1. The van der Waals surface area contributed by atoms with Crippen molar-refractivity contribution >= 4 is 26.5 Å². The van der Waals surface area contributed by atoms with Crippen LogP contribution in [0.1, 0.15) is 18.4 Å². The van der Waals surface area contributed by atoms with Gasteiger partial charge >= 0.3 is 0 Å². The molecular formula is C24H27N3O2S. The second-order valence-corrected chi connectivity index (χ2v) is 10.1. The molecule has 0 amide bonds. The predicted octanol–water partition coefficient (Wildman–Crippen LogP) is 3.26. The van der Waals surface area contributed by atoms with Gasteiger partial charge in [-0.2, -0.15) is 0 Å². The van der Waals surface area contributed by atoms with Crippen molar-refractivity contribution in [1.82, 2.24) is 10.0 Å². The van der Waals surface area contributed by atoms with Gasteiger partial charge in [-0.05, 0) is 47.4 Å². The third kappa shape index (κ3) is 3.71. The van der Waals surface area contributed by atoms with Crippen molar-refractivity contribution in [3.63, 3.8) is 0 Å². The second kappa shape index (κ2) is 7.69. The van der Waals surface area contributed by atoms with Gasteiger partial charge in [0, 0.05) is 43.8 Å². The molecule has 3 aromatic rings. The summed E-state index contributed by atoms with van der Waals surface area (Å²) in [6.07, 6.45) is 2.01. The number of rotatable bonds is 6. The molecule has 2 aliphatic rings. The molecule has 0 spiro atoms. The molecule has 1 aliphatic heterocycles. The van der Waals surface area contributed by atoms with Crippen LogP contribution in [-0.2, 0) is 15.4 Å². The Balaban J connectivity index is 1.37. The van der Waals surface area contributed by atoms with Crippen LogP contribution in [-0.4, -0.2) is 41.1 Å². The molecule has 0 bridgehead atoms. The van der Waals surface area contributed by atoms with E-state index in [1.54, 1.807) is 12.1 Å². The lowest BCUT2D eigenvalue weighted by Gasteiger charge is -2.29. The molecule has 2 fully saturated rings. The molecule has 1 aliphatic carbocycles. The van der Waals surface area contributed by atoms with Crippen molar-refractivity contribution in [2.24, 2.45) is 0 Å². The number of hydrogen-bond acceptors (Lipinski definition) is 4. The van der Waals surface area contributed by atoms with Crippen molar-refractivity contribution in [1.29, 1.82) is 0 Å². The molecule has 0 aromatic heterocycles. The minimum atomic E-state index is -3.57. The average molecular weight is 422 g/mol. The topological polar surface area (TPSA) is 61.4 Å². The maximum absolute atomic E-state index is 13.1. The Bertz CT molecular complexity index is 1160. The van der Waals surface area contributed by atoms with E-state index in [1.807, 2.05) is 24.3 Å². The van der Waals surface area contributed by atoms with Gasteiger partial charge in [0.25, 0.3) is 0 Å². The van der Waals surface area contributed by atoms with Gasteiger partial charge in [0.15, 0.2) is 0 Å². The molecular weight excluding hydrogens is 394 g/mol. The first-order chi connectivity index (χ1) is 14.6. The number of nitrogens with zero attached hydrogens (tertiary/aromatic N) is 1. The van der Waals surface area contributed by atoms with Crippen LogP contribution in [0.5, 0.6) is 0 Å². The fraction of sp³-hybridized carbons (Fsp3) is 0.333. The molecule has 0 atom stereocenters. The van der Waals surface area contributed by atoms with E-state index in [2.05, 4.69) is 45.3 Å². The Morgan fingerprint density at radius 1 is 0.933 bits per heavy atom. The summed E-state index contributed by atoms with van der Waals surface area (Å²) in [6.45, 7) is 4.05. The van der Waals surface area contributed by atoms with Gasteiger partial charge in [-0.15, -0.1) is 0 Å². The van der Waals surface area contributed by atoms with Gasteiger partial charge < -0.3 is 10.2 Å². The molecule has 0 unspecified atom stereocenters. The number of hydrogen-bond donors (Lipinski definition) is 2. The lowest BCUT2D eigenvalue weighted by molar-refractivity contribution is 0.567. The molecule has 0 radical (unpaired) electrons. The van der Waals surface area contributed by atoms with Gasteiger partial charge in [0.1, 0.15) is 0 Å². The summed E-state index contributed by atoms with van der Waals surface area (Å²) >= 11 is 0. The monoisotopic (exact) mass is 421 g/mol. The van der Waals surface area contributed by atoms with Crippen LogP contribution in [0.15, 0.2) is 71.6 Å². The highest BCUT2D eigenvalue weighted by Gasteiger charge is 2.45. The van der Waals surface area contributed by atoms with Crippen LogP contribution in [0.4, 0.5) is 5.69 Å². The van der Waals surface area contributed by atoms with E-state index in [4.69, 9.17) is 0 Å². The number of nitrogens with one attached hydrogen (secondary N) is 2. The zero-order chi connectivity index (χ0) is 20.6. The number of anilines is 1. The van der Waals surface area contributed by atoms with E-state index in [9.17, 15) is 8.42 Å². The standard InChI is InChI=1S/C24H27N3O2S/c28-30(29,21-8-4-7-20(17-21)27-15-13-25-14-16-27)26-18-24(11-12-24)23-10-3-6-19-5-1-2-9-22(19)23/h1-10,17,25-26H,11-16,18H2. The molecule has 6 heteroatoms. The van der Waals surface area contributed by atoms with Crippen molar-refractivity contribution in [3.05, 3.63) is 72.3 Å². The highest BCUT2D eigenvalue weighted by atomic mass is 32.2. The molecule has 1 saturated heterocycles. The molecule has 5 rings (SSSR count). The summed E-state index contributed by atoms with van der Waals surface area (Å²) in [6, 6.07) is 22.0. The Labute approximate surface area is 178 Å². The molecule has 3 aromatic carbocycles. The molecule has 2 N–H and O–H groups in total. The van der Waals surface area contributed by atoms with E-state index in [-0.39, 0.29) is 5.41 Å². The quantitative estimate of drug-likeness (QED) is 0.641. The van der Waals surface area contributed by atoms with Crippen LogP contribution in [0, 0.1) is 0 Å². The lowest BCUT2D eigenvalue weighted by atomic mass is 9.91. The number of benzene rings is 3. The zero-order valence-electron chi connectivity index (χ0n) is 17.0. The molecule has 1 saturated carbocycles. The summed E-state index contributed by atoms with van der Waals surface area (Å²) in [5.74, 6) is 0. The number of piperazine rings is 1. The molecule has 1 heterocycles. The Morgan fingerprint density at radius 3 is 2.47 bits per heavy atom. The van der Waals surface area contributed by atoms with Crippen LogP contribution in [0.2, 0.25) is 0 Å². The fourth-order valence-corrected chi connectivity index (χ4v) is 5.63. The fourth-order valence-electron chi connectivity index (χ4n) is 4.47. The van der Waals surface area contributed by atoms with Gasteiger partial charge in [-0.1, -0.05) is 48.5 Å².